The van der Waals surface area contributed by atoms with Crippen LogP contribution in [0.5, 0.6) is 0 Å². The molecule has 0 aliphatic heterocycles. The molecule has 4 N–H and O–H groups in total. The van der Waals surface area contributed by atoms with E-state index in [-0.39, 0.29) is 29.1 Å². The van der Waals surface area contributed by atoms with Crippen LogP contribution in [0.15, 0.2) is 58.1 Å². The molecule has 0 amide bonds. The molecule has 1 fully saturated rings. The van der Waals surface area contributed by atoms with Gasteiger partial charge in [-0.25, -0.2) is 0 Å². The van der Waals surface area contributed by atoms with Crippen LogP contribution in [-0.4, -0.2) is 44.9 Å². The van der Waals surface area contributed by atoms with Crippen LogP contribution < -0.4 is 10.9 Å². The third kappa shape index (κ3) is 3.38. The molecule has 0 saturated heterocycles. The topological polar surface area (TPSA) is 85.4 Å². The highest BCUT2D eigenvalue weighted by Crippen LogP contribution is 2.56. The first-order chi connectivity index (χ1) is 15.6. The predicted octanol–water partition coefficient (Wildman–Crippen LogP) is 5.05. The van der Waals surface area contributed by atoms with Gasteiger partial charge in [0.25, 0.3) is 0 Å². The third-order valence-electron chi connectivity index (χ3n) is 6.42. The summed E-state index contributed by atoms with van der Waals surface area (Å²) in [5, 5.41) is 23.5. The van der Waals surface area contributed by atoms with Crippen LogP contribution >= 0.6 is 0 Å². The molecule has 1 aromatic heterocycles. The van der Waals surface area contributed by atoms with Crippen molar-refractivity contribution < 1.29 is 40.9 Å². The third-order valence-corrected chi connectivity index (χ3v) is 6.42. The fraction of sp³-hybridized carbons (Fsp3) is 0.409. The number of anilines is 1. The maximum atomic E-state index is 14.3. The second-order valence-electron chi connectivity index (χ2n) is 8.46. The Bertz CT molecular complexity index is 1270. The Kier molecular flexibility index (Phi) is 5.31. The number of aromatic amines is 1. The Labute approximate surface area is 187 Å². The molecular weight excluding hydrogens is 473 g/mol. The molecule has 2 aliphatic rings. The zero-order valence-electron chi connectivity index (χ0n) is 17.5. The fourth-order valence-corrected chi connectivity index (χ4v) is 4.64. The maximum absolute atomic E-state index is 14.3. The van der Waals surface area contributed by atoms with Crippen molar-refractivity contribution in [3.05, 3.63) is 63.7 Å². The quantitative estimate of drug-likeness (QED) is 0.452. The number of benzene rings is 1. The van der Waals surface area contributed by atoms with E-state index in [0.29, 0.717) is 0 Å². The molecular formula is C22H19F7N2O3. The predicted molar refractivity (Wildman–Crippen MR) is 109 cm³/mol. The van der Waals surface area contributed by atoms with Crippen LogP contribution in [0.3, 0.4) is 0 Å². The van der Waals surface area contributed by atoms with Crippen LogP contribution in [0, 0.1) is 5.92 Å². The average molecular weight is 492 g/mol. The van der Waals surface area contributed by atoms with E-state index in [1.807, 2.05) is 0 Å². The number of H-pyrrole nitrogens is 1. The molecule has 34 heavy (non-hydrogen) atoms. The molecule has 1 aromatic carbocycles. The second kappa shape index (κ2) is 7.49. The molecule has 2 aromatic rings. The molecule has 12 heteroatoms. The summed E-state index contributed by atoms with van der Waals surface area (Å²) in [6, 6.07) is 4.07. The number of aromatic nitrogens is 1. The van der Waals surface area contributed by atoms with E-state index in [0.717, 1.165) is 6.07 Å². The van der Waals surface area contributed by atoms with Crippen molar-refractivity contribution in [2.75, 3.05) is 5.32 Å². The van der Waals surface area contributed by atoms with Gasteiger partial charge in [0.05, 0.1) is 11.6 Å². The summed E-state index contributed by atoms with van der Waals surface area (Å²) in [6.45, 7) is 1.33. The van der Waals surface area contributed by atoms with Crippen LogP contribution in [0.1, 0.15) is 19.8 Å². The number of rotatable bonds is 3. The van der Waals surface area contributed by atoms with E-state index >= 15 is 0 Å². The lowest BCUT2D eigenvalue weighted by Gasteiger charge is -2.49. The molecule has 3 atom stereocenters. The monoisotopic (exact) mass is 492 g/mol. The Morgan fingerprint density at radius 2 is 1.82 bits per heavy atom. The fourth-order valence-electron chi connectivity index (χ4n) is 4.64. The standard InChI is InChI=1S/C22H19F7N2O3/c1-2-10-8-19(34,22(27,28)29)17(12-9-20(23,24)21(25,26)18(33)16(10)12)31-14-5-3-4-13-11(14)6-7-15(32)30-13/h3-7,9-10,17,31,33-34H,2,8H2,1H3,(H,30,32)/t10-,17+,19+/m1/s1. The van der Waals surface area contributed by atoms with Crippen LogP contribution in [0.2, 0.25) is 0 Å². The van der Waals surface area contributed by atoms with Crippen LogP contribution in [0.4, 0.5) is 36.4 Å². The van der Waals surface area contributed by atoms with Gasteiger partial charge >= 0.3 is 18.0 Å². The lowest BCUT2D eigenvalue weighted by Crippen LogP contribution is -2.63. The van der Waals surface area contributed by atoms with Gasteiger partial charge in [-0.2, -0.15) is 30.7 Å². The molecule has 5 nitrogen and oxygen atoms in total. The Morgan fingerprint density at radius 1 is 1.15 bits per heavy atom. The minimum absolute atomic E-state index is 0.0863. The van der Waals surface area contributed by atoms with Gasteiger partial charge in [0.15, 0.2) is 11.4 Å². The van der Waals surface area contributed by atoms with Crippen molar-refractivity contribution in [3.8, 4) is 0 Å². The van der Waals surface area contributed by atoms with Gasteiger partial charge < -0.3 is 20.5 Å². The first-order valence-electron chi connectivity index (χ1n) is 10.2. The molecule has 0 spiro atoms. The maximum Gasteiger partial charge on any atom is 0.419 e. The van der Waals surface area contributed by atoms with Gasteiger partial charge in [-0.05, 0) is 48.6 Å². The normalized spacial score (nSPS) is 28.4. The van der Waals surface area contributed by atoms with Gasteiger partial charge in [0, 0.05) is 22.7 Å². The highest BCUT2D eigenvalue weighted by molar-refractivity contribution is 5.91. The highest BCUT2D eigenvalue weighted by Gasteiger charge is 2.68. The van der Waals surface area contributed by atoms with Gasteiger partial charge in [0.2, 0.25) is 5.56 Å². The first kappa shape index (κ1) is 24.1. The smallest absolute Gasteiger partial charge is 0.419 e. The summed E-state index contributed by atoms with van der Waals surface area (Å²) >= 11 is 0. The molecule has 0 radical (unpaired) electrons. The molecule has 0 unspecified atom stereocenters. The first-order valence-corrected chi connectivity index (χ1v) is 10.2. The van der Waals surface area contributed by atoms with Gasteiger partial charge in [-0.1, -0.05) is 13.0 Å². The average Bonchev–Trinajstić information content (AvgIpc) is 2.73. The molecule has 0 bridgehead atoms. The lowest BCUT2D eigenvalue weighted by molar-refractivity contribution is -0.271. The zero-order valence-corrected chi connectivity index (χ0v) is 17.5. The summed E-state index contributed by atoms with van der Waals surface area (Å²) in [5.41, 5.74) is -5.76. The zero-order chi connectivity index (χ0) is 25.3. The number of hydrogen-bond acceptors (Lipinski definition) is 4. The molecule has 4 rings (SSSR count). The van der Waals surface area contributed by atoms with Crippen LogP contribution in [0.25, 0.3) is 10.9 Å². The number of hydrogen-bond donors (Lipinski definition) is 4. The SMILES string of the molecule is CC[C@@H]1C[C@@](O)(C(F)(F)F)[C@@H](Nc2cccc3[nH]c(=O)ccc23)C2=CC(F)(F)C(F)(F)C(O)=C21. The van der Waals surface area contributed by atoms with Gasteiger partial charge in [-0.15, -0.1) is 0 Å². The van der Waals surface area contributed by atoms with Gasteiger partial charge in [0.1, 0.15) is 0 Å². The van der Waals surface area contributed by atoms with Crippen molar-refractivity contribution in [2.24, 2.45) is 5.92 Å². The minimum Gasteiger partial charge on any atom is -0.506 e. The van der Waals surface area contributed by atoms with E-state index in [2.05, 4.69) is 10.3 Å². The van der Waals surface area contributed by atoms with Crippen molar-refractivity contribution in [2.45, 2.75) is 49.4 Å². The number of nitrogens with one attached hydrogen (secondary N) is 2. The van der Waals surface area contributed by atoms with E-state index in [4.69, 9.17) is 0 Å². The number of aliphatic hydroxyl groups is 2. The van der Waals surface area contributed by atoms with E-state index in [1.54, 1.807) is 0 Å². The molecule has 2 aliphatic carbocycles. The van der Waals surface area contributed by atoms with Crippen LogP contribution in [-0.2, 0) is 0 Å². The number of fused-ring (bicyclic) bond motifs is 2. The molecule has 1 heterocycles. The van der Waals surface area contributed by atoms with E-state index in [1.165, 1.54) is 31.2 Å². The Morgan fingerprint density at radius 3 is 2.44 bits per heavy atom. The summed E-state index contributed by atoms with van der Waals surface area (Å²) in [7, 11) is 0. The van der Waals surface area contributed by atoms with Crippen molar-refractivity contribution in [1.82, 2.24) is 4.98 Å². The summed E-state index contributed by atoms with van der Waals surface area (Å²) in [5.74, 6) is -13.5. The Balaban J connectivity index is 1.97. The summed E-state index contributed by atoms with van der Waals surface area (Å²) < 4.78 is 99.7. The van der Waals surface area contributed by atoms with E-state index < -0.39 is 64.5 Å². The summed E-state index contributed by atoms with van der Waals surface area (Å²) in [6.07, 6.45) is -7.05. The largest absolute Gasteiger partial charge is 0.506 e. The molecule has 1 saturated carbocycles. The number of aliphatic hydroxyl groups excluding tert-OH is 1. The number of allylic oxidation sites excluding steroid dienone is 2. The van der Waals surface area contributed by atoms with Crippen molar-refractivity contribution >= 4 is 16.6 Å². The van der Waals surface area contributed by atoms with Gasteiger partial charge in [-0.3, -0.25) is 4.79 Å². The van der Waals surface area contributed by atoms with E-state index in [9.17, 15) is 45.7 Å². The van der Waals surface area contributed by atoms with Crippen molar-refractivity contribution in [1.29, 1.82) is 0 Å². The lowest BCUT2D eigenvalue weighted by atomic mass is 9.65. The number of halogens is 7. The number of alkyl halides is 7. The second-order valence-corrected chi connectivity index (χ2v) is 8.46. The summed E-state index contributed by atoms with van der Waals surface area (Å²) in [4.78, 5) is 14.0. The minimum atomic E-state index is -5.35. The number of pyridine rings is 1. The molecule has 184 valence electrons. The highest BCUT2D eigenvalue weighted by atomic mass is 19.4. The van der Waals surface area contributed by atoms with Crippen molar-refractivity contribution in [3.63, 3.8) is 0 Å². The Hall–Kier alpha value is -3.02.